The molecule has 0 saturated carbocycles. The third-order valence-corrected chi connectivity index (χ3v) is 2.30. The van der Waals surface area contributed by atoms with Crippen molar-refractivity contribution in [2.75, 3.05) is 7.11 Å². The molecule has 2 heterocycles. The number of imidazole rings is 1. The molecule has 0 aliphatic carbocycles. The van der Waals surface area contributed by atoms with Crippen molar-refractivity contribution < 1.29 is 9.53 Å². The number of rotatable bonds is 2. The predicted molar refractivity (Wildman–Crippen MR) is 54.9 cm³/mol. The van der Waals surface area contributed by atoms with Gasteiger partial charge in [-0.05, 0) is 13.8 Å². The average molecular weight is 207 g/mol. The van der Waals surface area contributed by atoms with Crippen LogP contribution in [0.25, 0.3) is 5.65 Å². The van der Waals surface area contributed by atoms with Gasteiger partial charge >= 0.3 is 5.97 Å². The zero-order chi connectivity index (χ0) is 11.0. The largest absolute Gasteiger partial charge is 0.464 e. The molecule has 0 aliphatic rings. The number of aromatic nitrogens is 3. The Kier molecular flexibility index (Phi) is 2.22. The molecule has 5 nitrogen and oxygen atoms in total. The number of carbonyl (C=O) groups is 1. The maximum Gasteiger partial charge on any atom is 0.358 e. The molecule has 2 aromatic heterocycles. The van der Waals surface area contributed by atoms with E-state index in [9.17, 15) is 4.79 Å². The molecule has 0 fully saturated rings. The van der Waals surface area contributed by atoms with E-state index >= 15 is 0 Å². The number of carbonyl (C=O) groups excluding carboxylic acids is 1. The molecule has 0 N–H and O–H groups in total. The first-order chi connectivity index (χ1) is 7.13. The Morgan fingerprint density at radius 2 is 2.20 bits per heavy atom. The summed E-state index contributed by atoms with van der Waals surface area (Å²) in [5.74, 6) is -0.408. The van der Waals surface area contributed by atoms with Crippen LogP contribution in [0.2, 0.25) is 0 Å². The minimum Gasteiger partial charge on any atom is -0.464 e. The van der Waals surface area contributed by atoms with Crippen LogP contribution in [0.15, 0.2) is 18.5 Å². The van der Waals surface area contributed by atoms with Crippen molar-refractivity contribution in [2.45, 2.75) is 19.9 Å². The van der Waals surface area contributed by atoms with Gasteiger partial charge in [0.05, 0.1) is 7.11 Å². The predicted octanol–water partition coefficient (Wildman–Crippen LogP) is 1.50. The quantitative estimate of drug-likeness (QED) is 0.701. The molecule has 0 unspecified atom stereocenters. The Balaban J connectivity index is 2.52. The summed E-state index contributed by atoms with van der Waals surface area (Å²) >= 11 is 0. The van der Waals surface area contributed by atoms with E-state index in [0.29, 0.717) is 11.7 Å². The lowest BCUT2D eigenvalue weighted by atomic mass is 10.4. The first kappa shape index (κ1) is 9.76. The lowest BCUT2D eigenvalue weighted by Crippen LogP contribution is -2.01. The molecule has 0 amide bonds. The lowest BCUT2D eigenvalue weighted by Gasteiger charge is -2.05. The van der Waals surface area contributed by atoms with Crippen molar-refractivity contribution in [3.63, 3.8) is 0 Å². The molecule has 80 valence electrons. The lowest BCUT2D eigenvalue weighted by molar-refractivity contribution is 0.0593. The van der Waals surface area contributed by atoms with E-state index in [1.54, 1.807) is 10.6 Å². The van der Waals surface area contributed by atoms with Gasteiger partial charge in [0.25, 0.3) is 0 Å². The van der Waals surface area contributed by atoms with Crippen LogP contribution in [0.5, 0.6) is 0 Å². The Hall–Kier alpha value is -1.78. The van der Waals surface area contributed by atoms with Gasteiger partial charge in [-0.15, -0.1) is 0 Å². The minimum absolute atomic E-state index is 0.336. The van der Waals surface area contributed by atoms with Crippen molar-refractivity contribution in [3.05, 3.63) is 24.2 Å². The molecule has 0 saturated heterocycles. The third kappa shape index (κ3) is 1.49. The van der Waals surface area contributed by atoms with E-state index in [1.807, 2.05) is 17.0 Å². The molecule has 0 aromatic carbocycles. The Bertz CT molecular complexity index is 496. The summed E-state index contributed by atoms with van der Waals surface area (Å²) in [7, 11) is 1.35. The monoisotopic (exact) mass is 207 g/mol. The van der Waals surface area contributed by atoms with Gasteiger partial charge in [0.2, 0.25) is 0 Å². The molecule has 0 spiro atoms. The number of ether oxygens (including phenoxy) is 1. The van der Waals surface area contributed by atoms with Gasteiger partial charge in [0.1, 0.15) is 5.65 Å². The van der Waals surface area contributed by atoms with Gasteiger partial charge in [-0.3, -0.25) is 0 Å². The second-order valence-electron chi connectivity index (χ2n) is 3.62. The fourth-order valence-corrected chi connectivity index (χ4v) is 1.54. The van der Waals surface area contributed by atoms with Crippen LogP contribution in [-0.4, -0.2) is 27.3 Å². The van der Waals surface area contributed by atoms with E-state index in [-0.39, 0.29) is 0 Å². The fourth-order valence-electron chi connectivity index (χ4n) is 1.54. The second kappa shape index (κ2) is 3.42. The van der Waals surface area contributed by atoms with E-state index in [1.165, 1.54) is 7.11 Å². The molecule has 0 bridgehead atoms. The van der Waals surface area contributed by atoms with Crippen LogP contribution in [0, 0.1) is 0 Å². The van der Waals surface area contributed by atoms with Gasteiger partial charge in [-0.25, -0.2) is 9.31 Å². The molecular formula is C10H13N3O2. The molecule has 15 heavy (non-hydrogen) atoms. The molecule has 0 aliphatic heterocycles. The average Bonchev–Trinajstić information content (AvgIpc) is 2.73. The van der Waals surface area contributed by atoms with E-state index in [4.69, 9.17) is 0 Å². The number of esters is 1. The van der Waals surface area contributed by atoms with Crippen LogP contribution in [0.4, 0.5) is 0 Å². The zero-order valence-electron chi connectivity index (χ0n) is 8.97. The van der Waals surface area contributed by atoms with Crippen molar-refractivity contribution in [1.29, 1.82) is 0 Å². The van der Waals surface area contributed by atoms with Gasteiger partial charge in [-0.1, -0.05) is 0 Å². The Labute approximate surface area is 87.3 Å². The van der Waals surface area contributed by atoms with Crippen molar-refractivity contribution in [3.8, 4) is 0 Å². The van der Waals surface area contributed by atoms with Gasteiger partial charge < -0.3 is 9.30 Å². The summed E-state index contributed by atoms with van der Waals surface area (Å²) in [6, 6.07) is 2.07. The molecule has 2 aromatic rings. The van der Waals surface area contributed by atoms with Crippen LogP contribution in [-0.2, 0) is 4.74 Å². The summed E-state index contributed by atoms with van der Waals surface area (Å²) in [6.45, 7) is 4.15. The van der Waals surface area contributed by atoms with Crippen LogP contribution < -0.4 is 0 Å². The topological polar surface area (TPSA) is 48.5 Å². The Morgan fingerprint density at radius 3 is 2.80 bits per heavy atom. The number of nitrogens with zero attached hydrogens (tertiary/aromatic N) is 3. The van der Waals surface area contributed by atoms with Crippen LogP contribution in [0.1, 0.15) is 30.4 Å². The highest BCUT2D eigenvalue weighted by molar-refractivity contribution is 5.88. The number of hydrogen-bond donors (Lipinski definition) is 0. The number of methoxy groups -OCH3 is 1. The van der Waals surface area contributed by atoms with Crippen molar-refractivity contribution in [1.82, 2.24) is 14.2 Å². The van der Waals surface area contributed by atoms with E-state index < -0.39 is 5.97 Å². The van der Waals surface area contributed by atoms with Crippen molar-refractivity contribution in [2.24, 2.45) is 0 Å². The molecule has 0 atom stereocenters. The fraction of sp³-hybridized carbons (Fsp3) is 0.400. The highest BCUT2D eigenvalue weighted by Gasteiger charge is 2.13. The van der Waals surface area contributed by atoms with E-state index in [0.717, 1.165) is 5.65 Å². The highest BCUT2D eigenvalue weighted by atomic mass is 16.5. The minimum atomic E-state index is -0.408. The number of fused-ring (bicyclic) bond motifs is 1. The first-order valence-electron chi connectivity index (χ1n) is 4.78. The zero-order valence-corrected chi connectivity index (χ0v) is 8.97. The highest BCUT2D eigenvalue weighted by Crippen LogP contribution is 2.14. The number of hydrogen-bond acceptors (Lipinski definition) is 3. The SMILES string of the molecule is COC(=O)c1cc2n(C(C)C)ccn2n1. The van der Waals surface area contributed by atoms with Crippen LogP contribution in [0.3, 0.4) is 0 Å². The Morgan fingerprint density at radius 1 is 1.47 bits per heavy atom. The summed E-state index contributed by atoms with van der Waals surface area (Å²) in [4.78, 5) is 11.3. The van der Waals surface area contributed by atoms with Gasteiger partial charge in [-0.2, -0.15) is 5.10 Å². The van der Waals surface area contributed by atoms with Crippen LogP contribution >= 0.6 is 0 Å². The smallest absolute Gasteiger partial charge is 0.358 e. The van der Waals surface area contributed by atoms with Gasteiger partial charge in [0, 0.05) is 24.5 Å². The summed E-state index contributed by atoms with van der Waals surface area (Å²) in [6.07, 6.45) is 3.76. The van der Waals surface area contributed by atoms with E-state index in [2.05, 4.69) is 23.7 Å². The molecule has 5 heteroatoms. The second-order valence-corrected chi connectivity index (χ2v) is 3.62. The molecular weight excluding hydrogens is 194 g/mol. The molecule has 0 radical (unpaired) electrons. The first-order valence-corrected chi connectivity index (χ1v) is 4.78. The molecule has 2 rings (SSSR count). The standard InChI is InChI=1S/C10H13N3O2/c1-7(2)12-4-5-13-9(12)6-8(11-13)10(14)15-3/h4-7H,1-3H3. The summed E-state index contributed by atoms with van der Waals surface area (Å²) in [5.41, 5.74) is 1.23. The maximum atomic E-state index is 11.3. The van der Waals surface area contributed by atoms with Crippen molar-refractivity contribution >= 4 is 11.6 Å². The summed E-state index contributed by atoms with van der Waals surface area (Å²) < 4.78 is 8.33. The normalized spacial score (nSPS) is 11.2. The third-order valence-electron chi connectivity index (χ3n) is 2.30. The van der Waals surface area contributed by atoms with Gasteiger partial charge in [0.15, 0.2) is 5.69 Å². The summed E-state index contributed by atoms with van der Waals surface area (Å²) in [5, 5.41) is 4.11. The maximum absolute atomic E-state index is 11.3.